The van der Waals surface area contributed by atoms with Crippen molar-refractivity contribution in [1.82, 2.24) is 0 Å². The Kier molecular flexibility index (Phi) is 16.0. The predicted molar refractivity (Wildman–Crippen MR) is 262 cm³/mol. The third kappa shape index (κ3) is 8.84. The maximum Gasteiger partial charge on any atom is 0.187 e. The average Bonchev–Trinajstić information content (AvgIpc) is 3.33. The van der Waals surface area contributed by atoms with Crippen LogP contribution in [-0.4, -0.2) is 245 Å². The molecule has 10 rings (SSSR count). The summed E-state index contributed by atoms with van der Waals surface area (Å²) >= 11 is 0. The summed E-state index contributed by atoms with van der Waals surface area (Å²) in [6.07, 6.45) is -25.8. The van der Waals surface area contributed by atoms with Gasteiger partial charge >= 0.3 is 0 Å². The molecule has 0 amide bonds. The number of hydrogen-bond acceptors (Lipinski definition) is 23. The third-order valence-electron chi connectivity index (χ3n) is 22.2. The van der Waals surface area contributed by atoms with Gasteiger partial charge in [0.1, 0.15) is 91.6 Å². The zero-order valence-electron chi connectivity index (χ0n) is 45.2. The van der Waals surface area contributed by atoms with E-state index in [0.29, 0.717) is 32.3 Å². The number of allylic oxidation sites excluding steroid dienone is 1. The van der Waals surface area contributed by atoms with Gasteiger partial charge in [-0.3, -0.25) is 0 Å². The molecule has 1 spiro atoms. The minimum absolute atomic E-state index is 0.00287. The van der Waals surface area contributed by atoms with Crippen LogP contribution in [-0.2, 0) is 42.6 Å². The number of aliphatic hydroxyl groups is 14. The Hall–Kier alpha value is -1.18. The second-order valence-electron chi connectivity index (χ2n) is 26.6. The minimum atomic E-state index is -2.00. The second-order valence-corrected chi connectivity index (χ2v) is 26.6. The van der Waals surface area contributed by atoms with E-state index in [1.165, 1.54) is 6.92 Å². The van der Waals surface area contributed by atoms with Crippen molar-refractivity contribution in [3.8, 4) is 0 Å². The zero-order valence-corrected chi connectivity index (χ0v) is 45.2. The molecule has 0 aromatic heterocycles. The average molecular weight is 1110 g/mol. The van der Waals surface area contributed by atoms with E-state index >= 15 is 0 Å². The summed E-state index contributed by atoms with van der Waals surface area (Å²) in [6.45, 7) is 12.8. The molecule has 77 heavy (non-hydrogen) atoms. The van der Waals surface area contributed by atoms with Gasteiger partial charge in [0.2, 0.25) is 0 Å². The van der Waals surface area contributed by atoms with Gasteiger partial charge in [-0.15, -0.1) is 0 Å². The third-order valence-corrected chi connectivity index (χ3v) is 22.2. The van der Waals surface area contributed by atoms with Crippen LogP contribution in [0.3, 0.4) is 0 Å². The standard InChI is InChI=1S/C54H88O23/c1-23-32(60)41(75-46-42(38(66)35(63)26(20-57)73-46)76-44-39(67)36(64)33(61)24(18-55)71-44)43(77-45-40(68)37(65)34(62)25(19-56)72-45)47(70-23)74-31-10-11-49(4)27(50(31,5)21-58)8-12-51(6)28(49)9-13-54-29-16-48(2,3)14-15-53(29,22-69-54)30(59)17-52(51,54)7/h9,13,23-47,55-68H,8,10-12,14-22H2,1-7H3/t23-,24-,25-,26-,27-,28-,29-,30+,31+,32+,33-,34-,35-,36+,37+,38+,39-,40-,41+,42-,43-,44+,45+,46+,47+,49+,50+,51-,52+,53-,54+/m1/s1. The fourth-order valence-corrected chi connectivity index (χ4v) is 17.2. The van der Waals surface area contributed by atoms with Gasteiger partial charge in [0, 0.05) is 22.2 Å². The van der Waals surface area contributed by atoms with Crippen molar-refractivity contribution in [1.29, 1.82) is 0 Å². The highest BCUT2D eigenvalue weighted by molar-refractivity contribution is 5.36. The fraction of sp³-hybridized carbons (Fsp3) is 0.963. The van der Waals surface area contributed by atoms with Gasteiger partial charge in [0.25, 0.3) is 0 Å². The van der Waals surface area contributed by atoms with Gasteiger partial charge in [-0.1, -0.05) is 53.7 Å². The highest BCUT2D eigenvalue weighted by atomic mass is 16.8. The Morgan fingerprint density at radius 1 is 0.519 bits per heavy atom. The number of ether oxygens (including phenoxy) is 9. The smallest absolute Gasteiger partial charge is 0.187 e. The summed E-state index contributed by atoms with van der Waals surface area (Å²) < 4.78 is 56.8. The molecule has 5 aliphatic heterocycles. The molecule has 0 unspecified atom stereocenters. The predicted octanol–water partition coefficient (Wildman–Crippen LogP) is -2.57. The molecule has 23 nitrogen and oxygen atoms in total. The number of fused-ring (bicyclic) bond motifs is 4. The van der Waals surface area contributed by atoms with Gasteiger partial charge in [-0.05, 0) is 86.4 Å². The van der Waals surface area contributed by atoms with E-state index in [4.69, 9.17) is 42.6 Å². The van der Waals surface area contributed by atoms with Crippen LogP contribution in [0.15, 0.2) is 12.2 Å². The lowest BCUT2D eigenvalue weighted by Gasteiger charge is -2.73. The van der Waals surface area contributed by atoms with E-state index < -0.39 is 177 Å². The molecule has 2 bridgehead atoms. The molecular formula is C54H88O23. The number of rotatable bonds is 12. The topological polar surface area (TPSA) is 366 Å². The lowest BCUT2D eigenvalue weighted by Crippen LogP contribution is -2.72. The lowest BCUT2D eigenvalue weighted by atomic mass is 9.32. The van der Waals surface area contributed by atoms with E-state index in [9.17, 15) is 71.5 Å². The van der Waals surface area contributed by atoms with Crippen molar-refractivity contribution >= 4 is 0 Å². The van der Waals surface area contributed by atoms with E-state index in [1.807, 2.05) is 6.92 Å². The van der Waals surface area contributed by atoms with Crippen LogP contribution in [0.25, 0.3) is 0 Å². The molecule has 14 N–H and O–H groups in total. The molecule has 5 saturated heterocycles. The highest BCUT2D eigenvalue weighted by Crippen LogP contribution is 2.79. The van der Waals surface area contributed by atoms with E-state index in [-0.39, 0.29) is 40.6 Å². The van der Waals surface area contributed by atoms with E-state index in [0.717, 1.165) is 25.7 Å². The summed E-state index contributed by atoms with van der Waals surface area (Å²) in [5, 5.41) is 154. The largest absolute Gasteiger partial charge is 0.396 e. The molecule has 0 radical (unpaired) electrons. The number of aliphatic hydroxyl groups excluding tert-OH is 14. The summed E-state index contributed by atoms with van der Waals surface area (Å²) in [5.74, 6) is -0.00439. The first-order chi connectivity index (χ1) is 36.2. The van der Waals surface area contributed by atoms with Crippen molar-refractivity contribution in [3.05, 3.63) is 12.2 Å². The van der Waals surface area contributed by atoms with Crippen LogP contribution in [0.2, 0.25) is 0 Å². The SMILES string of the molecule is C[C@H]1O[C@@H](O[C@H]2CC[C@@]3(C)[C@@H](CC[C@]4(C)[C@@H]3C=C[C@]35OC[C@@]6(CCC(C)(C)C[C@H]63)[C@@H](O)C[C@]54C)[C@]2(C)CO)[C@H](O[C@@H]2O[C@H](CO)[C@@H](O)[C@H](O)[C@H]2O)[C@@H](O[C@@H]2O[C@H](CO)[C@@H](O)[C@H](O)[C@H]2O[C@@H]2O[C@H](CO)[C@@H](O)[C@H](O)[C@H]2O)[C@H]1O. The zero-order chi connectivity index (χ0) is 55.9. The molecule has 4 saturated carbocycles. The van der Waals surface area contributed by atoms with Crippen LogP contribution in [0.4, 0.5) is 0 Å². The van der Waals surface area contributed by atoms with E-state index in [2.05, 4.69) is 46.8 Å². The second kappa shape index (κ2) is 20.9. The van der Waals surface area contributed by atoms with Crippen molar-refractivity contribution in [3.63, 3.8) is 0 Å². The summed E-state index contributed by atoms with van der Waals surface area (Å²) in [7, 11) is 0. The summed E-state index contributed by atoms with van der Waals surface area (Å²) in [5.41, 5.74) is -2.90. The normalized spacial score (nSPS) is 58.1. The fourth-order valence-electron chi connectivity index (χ4n) is 17.2. The quantitative estimate of drug-likeness (QED) is 0.0705. The van der Waals surface area contributed by atoms with Gasteiger partial charge in [0.05, 0.1) is 56.9 Å². The van der Waals surface area contributed by atoms with Gasteiger partial charge in [0.15, 0.2) is 25.2 Å². The summed E-state index contributed by atoms with van der Waals surface area (Å²) in [6, 6.07) is 0. The number of hydrogen-bond donors (Lipinski definition) is 14. The highest BCUT2D eigenvalue weighted by Gasteiger charge is 2.79. The molecule has 0 aromatic carbocycles. The van der Waals surface area contributed by atoms with Crippen LogP contribution in [0.1, 0.15) is 99.8 Å². The molecule has 442 valence electrons. The van der Waals surface area contributed by atoms with Gasteiger partial charge < -0.3 is 114 Å². The Morgan fingerprint density at radius 3 is 1.65 bits per heavy atom. The molecule has 5 heterocycles. The van der Waals surface area contributed by atoms with Crippen molar-refractivity contribution in [2.45, 2.75) is 240 Å². The maximum atomic E-state index is 12.3. The molecule has 23 heteroatoms. The molecule has 31 atom stereocenters. The van der Waals surface area contributed by atoms with Gasteiger partial charge in [-0.25, -0.2) is 0 Å². The Labute approximate surface area is 448 Å². The van der Waals surface area contributed by atoms with Gasteiger partial charge in [-0.2, -0.15) is 0 Å². The first-order valence-electron chi connectivity index (χ1n) is 28.0. The first-order valence-corrected chi connectivity index (χ1v) is 28.0. The lowest BCUT2D eigenvalue weighted by molar-refractivity contribution is -0.408. The van der Waals surface area contributed by atoms with Crippen molar-refractivity contribution < 1.29 is 114 Å². The molecule has 5 aliphatic carbocycles. The minimum Gasteiger partial charge on any atom is -0.396 e. The Morgan fingerprint density at radius 2 is 1.06 bits per heavy atom. The molecular weight excluding hydrogens is 1020 g/mol. The van der Waals surface area contributed by atoms with Crippen LogP contribution in [0, 0.1) is 50.2 Å². The summed E-state index contributed by atoms with van der Waals surface area (Å²) in [4.78, 5) is 0. The molecule has 0 aromatic rings. The van der Waals surface area contributed by atoms with Crippen LogP contribution in [0.5, 0.6) is 0 Å². The van der Waals surface area contributed by atoms with Crippen LogP contribution >= 0.6 is 0 Å². The monoisotopic (exact) mass is 1100 g/mol. The Bertz CT molecular complexity index is 2120. The molecule has 10 aliphatic rings. The van der Waals surface area contributed by atoms with E-state index in [1.54, 1.807) is 0 Å². The maximum absolute atomic E-state index is 12.3. The Balaban J connectivity index is 0.971. The molecule has 9 fully saturated rings. The van der Waals surface area contributed by atoms with Crippen molar-refractivity contribution in [2.75, 3.05) is 33.0 Å². The first kappa shape index (κ1) is 59.0. The van der Waals surface area contributed by atoms with Crippen LogP contribution < -0.4 is 0 Å². The van der Waals surface area contributed by atoms with Crippen molar-refractivity contribution in [2.24, 2.45) is 50.2 Å².